The molecule has 3 aromatic rings. The van der Waals surface area contributed by atoms with Gasteiger partial charge in [0.1, 0.15) is 5.56 Å². The zero-order valence-corrected chi connectivity index (χ0v) is 14.1. The van der Waals surface area contributed by atoms with Gasteiger partial charge in [0, 0.05) is 48.7 Å². The molecule has 2 atom stereocenters. The summed E-state index contributed by atoms with van der Waals surface area (Å²) >= 11 is 0. The van der Waals surface area contributed by atoms with Crippen LogP contribution in [0.5, 0.6) is 0 Å². The smallest absolute Gasteiger partial charge is 0.254 e. The average molecular weight is 350 g/mol. The average Bonchev–Trinajstić information content (AvgIpc) is 3.06. The second kappa shape index (κ2) is 5.50. The van der Waals surface area contributed by atoms with Crippen molar-refractivity contribution in [3.05, 3.63) is 52.3 Å². The van der Waals surface area contributed by atoms with Crippen LogP contribution in [0.15, 0.2) is 35.5 Å². The van der Waals surface area contributed by atoms with Gasteiger partial charge in [-0.3, -0.25) is 9.59 Å². The fraction of sp³-hybridized carbons (Fsp3) is 0.333. The van der Waals surface area contributed by atoms with Gasteiger partial charge in [0.15, 0.2) is 5.65 Å². The van der Waals surface area contributed by atoms with Crippen molar-refractivity contribution >= 4 is 11.6 Å². The Hall–Kier alpha value is -3.00. The van der Waals surface area contributed by atoms with Crippen LogP contribution in [0.3, 0.4) is 0 Å². The predicted octanol–water partition coefficient (Wildman–Crippen LogP) is 0.364. The Bertz CT molecular complexity index is 1100. The highest BCUT2D eigenvalue weighted by Gasteiger charge is 2.31. The molecule has 1 fully saturated rings. The highest BCUT2D eigenvalue weighted by Crippen LogP contribution is 2.33. The van der Waals surface area contributed by atoms with E-state index in [-0.39, 0.29) is 11.1 Å². The van der Waals surface area contributed by atoms with Crippen molar-refractivity contribution in [3.8, 4) is 11.1 Å². The predicted molar refractivity (Wildman–Crippen MR) is 94.9 cm³/mol. The van der Waals surface area contributed by atoms with E-state index in [1.165, 1.54) is 10.7 Å². The Labute approximate surface area is 148 Å². The summed E-state index contributed by atoms with van der Waals surface area (Å²) in [6.45, 7) is 2.65. The minimum atomic E-state index is -0.563. The van der Waals surface area contributed by atoms with Gasteiger partial charge in [0.25, 0.3) is 11.5 Å². The third-order valence-electron chi connectivity index (χ3n) is 5.42. The standard InChI is InChI=1S/C18H18N6O2/c19-17(26)14-7-22-24-9-13(6-21-18(14)24)11-2-15-12-1-10(4-20-5-12)8-23(15)16(25)3-11/h2-3,6-7,9-10,12,20H,1,4-5,8H2,(H2,19,26)/t10-,12+/m0/s1. The van der Waals surface area contributed by atoms with E-state index in [1.807, 2.05) is 4.57 Å². The third kappa shape index (κ3) is 2.26. The summed E-state index contributed by atoms with van der Waals surface area (Å²) in [5, 5.41) is 7.60. The van der Waals surface area contributed by atoms with Gasteiger partial charge in [-0.05, 0) is 30.5 Å². The topological polar surface area (TPSA) is 107 Å². The van der Waals surface area contributed by atoms with E-state index in [9.17, 15) is 9.59 Å². The van der Waals surface area contributed by atoms with Gasteiger partial charge in [-0.2, -0.15) is 5.10 Å². The normalized spacial score (nSPS) is 21.5. The lowest BCUT2D eigenvalue weighted by atomic mass is 9.83. The van der Waals surface area contributed by atoms with E-state index in [4.69, 9.17) is 5.73 Å². The van der Waals surface area contributed by atoms with Crippen molar-refractivity contribution in [3.63, 3.8) is 0 Å². The van der Waals surface area contributed by atoms with Crippen LogP contribution in [0.1, 0.15) is 28.4 Å². The summed E-state index contributed by atoms with van der Waals surface area (Å²) in [7, 11) is 0. The number of carbonyl (C=O) groups excluding carboxylic acids is 1. The molecule has 8 heteroatoms. The van der Waals surface area contributed by atoms with Gasteiger partial charge in [-0.25, -0.2) is 9.50 Å². The number of amides is 1. The number of pyridine rings is 1. The summed E-state index contributed by atoms with van der Waals surface area (Å²) in [6, 6.07) is 3.73. The number of aromatic nitrogens is 4. The van der Waals surface area contributed by atoms with Crippen molar-refractivity contribution in [1.29, 1.82) is 0 Å². The lowest BCUT2D eigenvalue weighted by Gasteiger charge is -2.37. The van der Waals surface area contributed by atoms with E-state index in [0.29, 0.717) is 17.5 Å². The maximum Gasteiger partial charge on any atom is 0.254 e. The van der Waals surface area contributed by atoms with E-state index in [1.54, 1.807) is 18.5 Å². The quantitative estimate of drug-likeness (QED) is 0.694. The zero-order valence-electron chi connectivity index (χ0n) is 14.1. The Morgan fingerprint density at radius 1 is 1.23 bits per heavy atom. The number of rotatable bonds is 2. The van der Waals surface area contributed by atoms with E-state index < -0.39 is 5.91 Å². The molecule has 8 nitrogen and oxygen atoms in total. The van der Waals surface area contributed by atoms with Crippen LogP contribution < -0.4 is 16.6 Å². The number of nitrogens with zero attached hydrogens (tertiary/aromatic N) is 4. The number of hydrogen-bond acceptors (Lipinski definition) is 5. The van der Waals surface area contributed by atoms with E-state index in [0.717, 1.165) is 42.9 Å². The highest BCUT2D eigenvalue weighted by atomic mass is 16.1. The fourth-order valence-electron chi connectivity index (χ4n) is 4.17. The van der Waals surface area contributed by atoms with Gasteiger partial charge in [0.05, 0.1) is 6.20 Å². The van der Waals surface area contributed by atoms with Crippen LogP contribution >= 0.6 is 0 Å². The molecule has 0 unspecified atom stereocenters. The van der Waals surface area contributed by atoms with Crippen molar-refractivity contribution in [2.75, 3.05) is 13.1 Å². The Kier molecular flexibility index (Phi) is 3.23. The Balaban J connectivity index is 1.63. The molecule has 3 aromatic heterocycles. The van der Waals surface area contributed by atoms with Crippen LogP contribution in [0.25, 0.3) is 16.8 Å². The zero-order chi connectivity index (χ0) is 17.8. The van der Waals surface area contributed by atoms with E-state index in [2.05, 4.69) is 21.5 Å². The van der Waals surface area contributed by atoms with Crippen molar-refractivity contribution < 1.29 is 4.79 Å². The number of piperidine rings is 1. The monoisotopic (exact) mass is 350 g/mol. The number of carbonyl (C=O) groups is 1. The van der Waals surface area contributed by atoms with Gasteiger partial charge >= 0.3 is 0 Å². The molecule has 0 aliphatic carbocycles. The van der Waals surface area contributed by atoms with Gasteiger partial charge in [0.2, 0.25) is 0 Å². The number of nitrogens with two attached hydrogens (primary N) is 1. The summed E-state index contributed by atoms with van der Waals surface area (Å²) in [4.78, 5) is 28.4. The number of fused-ring (bicyclic) bond motifs is 5. The Morgan fingerprint density at radius 2 is 2.12 bits per heavy atom. The molecule has 132 valence electrons. The lowest BCUT2D eigenvalue weighted by Crippen LogP contribution is -2.44. The minimum absolute atomic E-state index is 0.0208. The van der Waals surface area contributed by atoms with Crippen molar-refractivity contribution in [1.82, 2.24) is 24.5 Å². The van der Waals surface area contributed by atoms with Gasteiger partial charge < -0.3 is 15.6 Å². The summed E-state index contributed by atoms with van der Waals surface area (Å²) in [5.74, 6) is 0.323. The number of hydrogen-bond donors (Lipinski definition) is 2. The highest BCUT2D eigenvalue weighted by molar-refractivity contribution is 5.98. The molecule has 5 rings (SSSR count). The molecule has 5 heterocycles. The van der Waals surface area contributed by atoms with Gasteiger partial charge in [-0.1, -0.05) is 0 Å². The van der Waals surface area contributed by atoms with Gasteiger partial charge in [-0.15, -0.1) is 0 Å². The fourth-order valence-corrected chi connectivity index (χ4v) is 4.17. The summed E-state index contributed by atoms with van der Waals surface area (Å²) < 4.78 is 3.43. The lowest BCUT2D eigenvalue weighted by molar-refractivity contribution is 0.100. The molecule has 2 aliphatic heterocycles. The first-order valence-corrected chi connectivity index (χ1v) is 8.69. The molecular formula is C18H18N6O2. The first-order valence-electron chi connectivity index (χ1n) is 8.69. The molecule has 1 saturated heterocycles. The number of primary amides is 1. The second-order valence-corrected chi connectivity index (χ2v) is 7.11. The summed E-state index contributed by atoms with van der Waals surface area (Å²) in [6.07, 6.45) is 5.95. The largest absolute Gasteiger partial charge is 0.365 e. The summed E-state index contributed by atoms with van der Waals surface area (Å²) in [5.41, 5.74) is 8.72. The van der Waals surface area contributed by atoms with Crippen molar-refractivity contribution in [2.24, 2.45) is 11.7 Å². The van der Waals surface area contributed by atoms with Crippen LogP contribution in [0.4, 0.5) is 0 Å². The maximum absolute atomic E-state index is 12.7. The van der Waals surface area contributed by atoms with Crippen LogP contribution in [-0.4, -0.2) is 38.2 Å². The first kappa shape index (κ1) is 15.3. The molecule has 3 N–H and O–H groups in total. The van der Waals surface area contributed by atoms with Crippen LogP contribution in [0.2, 0.25) is 0 Å². The molecule has 0 spiro atoms. The van der Waals surface area contributed by atoms with Crippen LogP contribution in [-0.2, 0) is 6.54 Å². The molecule has 26 heavy (non-hydrogen) atoms. The Morgan fingerprint density at radius 3 is 2.96 bits per heavy atom. The van der Waals surface area contributed by atoms with Crippen LogP contribution in [0, 0.1) is 5.92 Å². The maximum atomic E-state index is 12.7. The minimum Gasteiger partial charge on any atom is -0.365 e. The molecule has 0 aromatic carbocycles. The van der Waals surface area contributed by atoms with Crippen molar-refractivity contribution in [2.45, 2.75) is 18.9 Å². The molecule has 0 radical (unpaired) electrons. The third-order valence-corrected chi connectivity index (χ3v) is 5.42. The molecule has 2 aliphatic rings. The second-order valence-electron chi connectivity index (χ2n) is 7.11. The SMILES string of the molecule is NC(=O)c1cnn2cc(-c3cc4n(c(=O)c3)C[C@@H]3CNC[C@H]4C3)cnc12. The molecule has 2 bridgehead atoms. The first-order chi connectivity index (χ1) is 12.6. The number of nitrogens with one attached hydrogen (secondary N) is 1. The molecule has 0 saturated carbocycles. The molecular weight excluding hydrogens is 332 g/mol. The van der Waals surface area contributed by atoms with E-state index >= 15 is 0 Å². The molecule has 1 amide bonds.